The van der Waals surface area contributed by atoms with Crippen molar-refractivity contribution in [2.45, 2.75) is 44.6 Å². The molecule has 0 fully saturated rings. The van der Waals surface area contributed by atoms with Gasteiger partial charge in [-0.15, -0.1) is 0 Å². The molecule has 39 heavy (non-hydrogen) atoms. The Labute approximate surface area is 215 Å². The molecule has 1 atom stereocenters. The molecule has 2 N–H and O–H groups in total. The predicted octanol–water partition coefficient (Wildman–Crippen LogP) is 7.59. The number of aromatic amines is 1. The van der Waals surface area contributed by atoms with Crippen LogP contribution in [0.4, 0.5) is 39.5 Å². The number of alkyl halides is 6. The standard InChI is InChI=1S/C26H19F9N2O2/c1-11(2)16-10-36-21-4-3-14(9-15(16)21)39-23-17(25(30,31)32)7-13(8-18(23)26(33,34)35)37-24(38)12-5-19(27)22(29)20(28)6-12/h3-7,9-11,13,36H,8H2,1-2H3,(H,37,38). The largest absolute Gasteiger partial charge is 0.456 e. The first-order valence-electron chi connectivity index (χ1n) is 11.4. The van der Waals surface area contributed by atoms with Crippen LogP contribution < -0.4 is 10.1 Å². The fourth-order valence-corrected chi connectivity index (χ4v) is 4.21. The summed E-state index contributed by atoms with van der Waals surface area (Å²) in [6.07, 6.45) is -9.83. The van der Waals surface area contributed by atoms with Crippen molar-refractivity contribution in [3.63, 3.8) is 0 Å². The van der Waals surface area contributed by atoms with Crippen molar-refractivity contribution in [1.29, 1.82) is 0 Å². The SMILES string of the molecule is CC(C)c1c[nH]c2ccc(OC3=C(C(F)(F)F)CC(NC(=O)c4cc(F)c(F)c(F)c4)C=C3C(F)(F)F)cc12. The number of ether oxygens (including phenoxy) is 1. The third kappa shape index (κ3) is 5.76. The summed E-state index contributed by atoms with van der Waals surface area (Å²) in [6, 6.07) is 2.62. The summed E-state index contributed by atoms with van der Waals surface area (Å²) in [5.41, 5.74) is -2.98. The van der Waals surface area contributed by atoms with E-state index >= 15 is 0 Å². The van der Waals surface area contributed by atoms with Gasteiger partial charge in [-0.2, -0.15) is 26.3 Å². The average Bonchev–Trinajstić information content (AvgIpc) is 3.25. The maximum absolute atomic E-state index is 14.0. The zero-order valence-corrected chi connectivity index (χ0v) is 20.1. The van der Waals surface area contributed by atoms with Crippen LogP contribution in [0.5, 0.6) is 5.75 Å². The molecule has 1 heterocycles. The van der Waals surface area contributed by atoms with Crippen LogP contribution in [0.3, 0.4) is 0 Å². The summed E-state index contributed by atoms with van der Waals surface area (Å²) in [6.45, 7) is 3.71. The number of carbonyl (C=O) groups is 1. The summed E-state index contributed by atoms with van der Waals surface area (Å²) in [5.74, 6) is -8.61. The van der Waals surface area contributed by atoms with Crippen LogP contribution in [0, 0.1) is 17.5 Å². The lowest BCUT2D eigenvalue weighted by molar-refractivity contribution is -0.105. The molecule has 0 bridgehead atoms. The van der Waals surface area contributed by atoms with Crippen LogP contribution >= 0.6 is 0 Å². The van der Waals surface area contributed by atoms with Gasteiger partial charge in [0.25, 0.3) is 5.91 Å². The van der Waals surface area contributed by atoms with E-state index in [9.17, 15) is 44.3 Å². The molecule has 1 aliphatic rings. The number of halogens is 9. The van der Waals surface area contributed by atoms with E-state index in [2.05, 4.69) is 4.98 Å². The molecule has 1 aliphatic carbocycles. The van der Waals surface area contributed by atoms with Crippen LogP contribution in [-0.4, -0.2) is 29.3 Å². The molecule has 4 nitrogen and oxygen atoms in total. The van der Waals surface area contributed by atoms with Gasteiger partial charge in [-0.25, -0.2) is 13.2 Å². The lowest BCUT2D eigenvalue weighted by Crippen LogP contribution is -2.40. The number of carbonyl (C=O) groups excluding carboxylic acids is 1. The predicted molar refractivity (Wildman–Crippen MR) is 122 cm³/mol. The highest BCUT2D eigenvalue weighted by Gasteiger charge is 2.48. The van der Waals surface area contributed by atoms with Crippen molar-refractivity contribution < 1.29 is 49.0 Å². The molecule has 2 aromatic carbocycles. The van der Waals surface area contributed by atoms with Gasteiger partial charge in [0.15, 0.2) is 17.5 Å². The molecule has 3 aromatic rings. The number of allylic oxidation sites excluding steroid dienone is 1. The summed E-state index contributed by atoms with van der Waals surface area (Å²) < 4.78 is 129. The lowest BCUT2D eigenvalue weighted by atomic mass is 9.92. The van der Waals surface area contributed by atoms with Crippen LogP contribution in [0.1, 0.15) is 42.1 Å². The Morgan fingerprint density at radius 1 is 1.00 bits per heavy atom. The average molecular weight is 562 g/mol. The maximum Gasteiger partial charge on any atom is 0.419 e. The van der Waals surface area contributed by atoms with Gasteiger partial charge in [0, 0.05) is 29.1 Å². The molecule has 1 unspecified atom stereocenters. The molecule has 4 rings (SSSR count). The Bertz CT molecular complexity index is 1470. The molecule has 208 valence electrons. The van der Waals surface area contributed by atoms with Gasteiger partial charge in [0.05, 0.1) is 17.2 Å². The number of H-pyrrole nitrogens is 1. The summed E-state index contributed by atoms with van der Waals surface area (Å²) >= 11 is 0. The fourth-order valence-electron chi connectivity index (χ4n) is 4.21. The number of benzene rings is 2. The van der Waals surface area contributed by atoms with Crippen molar-refractivity contribution in [1.82, 2.24) is 10.3 Å². The zero-order chi connectivity index (χ0) is 28.9. The van der Waals surface area contributed by atoms with Gasteiger partial charge < -0.3 is 15.0 Å². The second-order valence-electron chi connectivity index (χ2n) is 9.13. The van der Waals surface area contributed by atoms with Crippen molar-refractivity contribution >= 4 is 16.8 Å². The Kier molecular flexibility index (Phi) is 7.21. The Balaban J connectivity index is 1.73. The quantitative estimate of drug-likeness (QED) is 0.249. The minimum absolute atomic E-state index is 0.00769. The highest BCUT2D eigenvalue weighted by Crippen LogP contribution is 2.44. The first kappa shape index (κ1) is 28.1. The molecular weight excluding hydrogens is 543 g/mol. The molecule has 0 spiro atoms. The lowest BCUT2D eigenvalue weighted by Gasteiger charge is -2.29. The van der Waals surface area contributed by atoms with E-state index in [1.165, 1.54) is 18.2 Å². The molecular formula is C26H19F9N2O2. The van der Waals surface area contributed by atoms with Gasteiger partial charge in [-0.05, 0) is 47.9 Å². The number of hydrogen-bond donors (Lipinski definition) is 2. The van der Waals surface area contributed by atoms with Gasteiger partial charge in [-0.3, -0.25) is 4.79 Å². The third-order valence-corrected chi connectivity index (χ3v) is 6.05. The van der Waals surface area contributed by atoms with Crippen molar-refractivity contribution in [3.05, 3.63) is 88.1 Å². The number of amides is 1. The van der Waals surface area contributed by atoms with Gasteiger partial charge in [0.2, 0.25) is 0 Å². The van der Waals surface area contributed by atoms with E-state index < -0.39 is 70.6 Å². The highest BCUT2D eigenvalue weighted by atomic mass is 19.4. The summed E-state index contributed by atoms with van der Waals surface area (Å²) in [7, 11) is 0. The maximum atomic E-state index is 14.0. The number of aromatic nitrogens is 1. The van der Waals surface area contributed by atoms with E-state index in [1.807, 2.05) is 19.2 Å². The molecule has 1 amide bonds. The first-order chi connectivity index (χ1) is 18.1. The highest BCUT2D eigenvalue weighted by molar-refractivity contribution is 5.94. The first-order valence-corrected chi connectivity index (χ1v) is 11.4. The van der Waals surface area contributed by atoms with Crippen LogP contribution in [0.15, 0.2) is 59.5 Å². The van der Waals surface area contributed by atoms with E-state index in [1.54, 1.807) is 6.20 Å². The van der Waals surface area contributed by atoms with Crippen LogP contribution in [0.2, 0.25) is 0 Å². The van der Waals surface area contributed by atoms with E-state index in [4.69, 9.17) is 4.74 Å². The summed E-state index contributed by atoms with van der Waals surface area (Å²) in [4.78, 5) is 15.4. The minimum Gasteiger partial charge on any atom is -0.456 e. The number of nitrogens with one attached hydrogen (secondary N) is 2. The third-order valence-electron chi connectivity index (χ3n) is 6.05. The molecule has 0 aliphatic heterocycles. The fraction of sp³-hybridized carbons (Fsp3) is 0.269. The Morgan fingerprint density at radius 2 is 1.64 bits per heavy atom. The topological polar surface area (TPSA) is 54.1 Å². The summed E-state index contributed by atoms with van der Waals surface area (Å²) in [5, 5.41) is 2.42. The second-order valence-corrected chi connectivity index (χ2v) is 9.13. The van der Waals surface area contributed by atoms with Crippen LogP contribution in [-0.2, 0) is 0 Å². The van der Waals surface area contributed by atoms with E-state index in [-0.39, 0.29) is 23.8 Å². The molecule has 0 saturated carbocycles. The normalized spacial score (nSPS) is 16.6. The molecule has 0 saturated heterocycles. The molecule has 13 heteroatoms. The van der Waals surface area contributed by atoms with Crippen molar-refractivity contribution in [2.75, 3.05) is 0 Å². The smallest absolute Gasteiger partial charge is 0.419 e. The van der Waals surface area contributed by atoms with Gasteiger partial charge in [0.1, 0.15) is 11.5 Å². The monoisotopic (exact) mass is 562 g/mol. The van der Waals surface area contributed by atoms with Gasteiger partial charge in [-0.1, -0.05) is 13.8 Å². The Hall–Kier alpha value is -3.90. The van der Waals surface area contributed by atoms with Gasteiger partial charge >= 0.3 is 12.4 Å². The zero-order valence-electron chi connectivity index (χ0n) is 20.1. The van der Waals surface area contributed by atoms with Crippen molar-refractivity contribution in [3.8, 4) is 5.75 Å². The number of hydrogen-bond acceptors (Lipinski definition) is 2. The minimum atomic E-state index is -5.34. The van der Waals surface area contributed by atoms with E-state index in [0.29, 0.717) is 17.0 Å². The Morgan fingerprint density at radius 3 is 2.21 bits per heavy atom. The molecule has 0 radical (unpaired) electrons. The van der Waals surface area contributed by atoms with Crippen LogP contribution in [0.25, 0.3) is 10.9 Å². The number of rotatable bonds is 5. The van der Waals surface area contributed by atoms with E-state index in [0.717, 1.165) is 5.56 Å². The molecule has 1 aromatic heterocycles. The second kappa shape index (κ2) is 10.0. The van der Waals surface area contributed by atoms with Crippen molar-refractivity contribution in [2.24, 2.45) is 0 Å². The number of fused-ring (bicyclic) bond motifs is 1.